The van der Waals surface area contributed by atoms with E-state index >= 15 is 0 Å². The van der Waals surface area contributed by atoms with Crippen LogP contribution >= 0.6 is 0 Å². The first-order valence-electron chi connectivity index (χ1n) is 4.69. The summed E-state index contributed by atoms with van der Waals surface area (Å²) in [6.07, 6.45) is 1.81. The lowest BCUT2D eigenvalue weighted by atomic mass is 10.4. The van der Waals surface area contributed by atoms with Crippen LogP contribution < -0.4 is 0 Å². The molecule has 15 heavy (non-hydrogen) atoms. The quantitative estimate of drug-likeness (QED) is 0.725. The Bertz CT molecular complexity index is 460. The van der Waals surface area contributed by atoms with Crippen molar-refractivity contribution >= 4 is 16.1 Å². The third kappa shape index (κ3) is 2.09. The third-order valence-corrected chi connectivity index (χ3v) is 3.84. The van der Waals surface area contributed by atoms with Crippen molar-refractivity contribution in [1.82, 2.24) is 9.78 Å². The van der Waals surface area contributed by atoms with E-state index in [1.54, 1.807) is 6.92 Å². The van der Waals surface area contributed by atoms with Gasteiger partial charge in [-0.3, -0.25) is 9.48 Å². The average Bonchev–Trinajstić information content (AvgIpc) is 2.61. The maximum Gasteiger partial charge on any atom is 0.195 e. The molecule has 0 saturated carbocycles. The predicted octanol–water partition coefficient (Wildman–Crippen LogP) is 1.07. The number of sulfone groups is 1. The predicted molar refractivity (Wildman–Crippen MR) is 55.7 cm³/mol. The Balaban J connectivity index is 3.48. The van der Waals surface area contributed by atoms with Crippen LogP contribution in [0.2, 0.25) is 0 Å². The Hall–Kier alpha value is -1.17. The molecule has 0 N–H and O–H groups in total. The second kappa shape index (κ2) is 4.14. The van der Waals surface area contributed by atoms with E-state index in [1.165, 1.54) is 10.9 Å². The molecule has 0 saturated heterocycles. The molecule has 0 spiro atoms. The van der Waals surface area contributed by atoms with E-state index in [-0.39, 0.29) is 22.4 Å². The van der Waals surface area contributed by atoms with Gasteiger partial charge >= 0.3 is 0 Å². The van der Waals surface area contributed by atoms with Crippen molar-refractivity contribution in [2.75, 3.05) is 5.75 Å². The minimum Gasteiger partial charge on any atom is -0.298 e. The number of nitrogens with zero attached hydrogens (tertiary/aromatic N) is 2. The van der Waals surface area contributed by atoms with Gasteiger partial charge in [0.25, 0.3) is 0 Å². The summed E-state index contributed by atoms with van der Waals surface area (Å²) >= 11 is 0. The molecule has 0 aliphatic carbocycles. The number of aldehydes is 1. The van der Waals surface area contributed by atoms with Crippen LogP contribution in [0.3, 0.4) is 0 Å². The SMILES string of the molecule is CCS(=O)(=O)c1c(C=O)cnn1C(C)C. The average molecular weight is 230 g/mol. The highest BCUT2D eigenvalue weighted by molar-refractivity contribution is 7.91. The molecule has 0 aromatic carbocycles. The van der Waals surface area contributed by atoms with Gasteiger partial charge in [-0.05, 0) is 13.8 Å². The molecule has 1 aromatic heterocycles. The van der Waals surface area contributed by atoms with Crippen LogP contribution in [-0.4, -0.2) is 30.2 Å². The minimum atomic E-state index is -3.40. The van der Waals surface area contributed by atoms with Gasteiger partial charge in [-0.25, -0.2) is 8.42 Å². The topological polar surface area (TPSA) is 69.0 Å². The molecule has 1 rings (SSSR count). The molecule has 0 atom stereocenters. The maximum absolute atomic E-state index is 11.7. The number of hydrogen-bond donors (Lipinski definition) is 0. The molecule has 0 radical (unpaired) electrons. The van der Waals surface area contributed by atoms with Gasteiger partial charge in [-0.15, -0.1) is 0 Å². The van der Waals surface area contributed by atoms with Crippen LogP contribution in [0.15, 0.2) is 11.2 Å². The van der Waals surface area contributed by atoms with Gasteiger partial charge in [0.15, 0.2) is 21.1 Å². The Morgan fingerprint density at radius 2 is 2.13 bits per heavy atom. The highest BCUT2D eigenvalue weighted by Crippen LogP contribution is 2.19. The van der Waals surface area contributed by atoms with Gasteiger partial charge in [-0.2, -0.15) is 5.10 Å². The Kier molecular flexibility index (Phi) is 3.28. The lowest BCUT2D eigenvalue weighted by molar-refractivity contribution is 0.112. The summed E-state index contributed by atoms with van der Waals surface area (Å²) in [7, 11) is -3.40. The van der Waals surface area contributed by atoms with E-state index in [0.29, 0.717) is 6.29 Å². The van der Waals surface area contributed by atoms with Gasteiger partial charge in [-0.1, -0.05) is 6.92 Å². The summed E-state index contributed by atoms with van der Waals surface area (Å²) in [6, 6.07) is -0.0879. The summed E-state index contributed by atoms with van der Waals surface area (Å²) in [5.74, 6) is -0.0355. The first kappa shape index (κ1) is 11.9. The zero-order valence-electron chi connectivity index (χ0n) is 8.97. The number of rotatable bonds is 4. The fraction of sp³-hybridized carbons (Fsp3) is 0.556. The smallest absolute Gasteiger partial charge is 0.195 e. The highest BCUT2D eigenvalue weighted by Gasteiger charge is 2.23. The number of aromatic nitrogens is 2. The van der Waals surface area contributed by atoms with Gasteiger partial charge in [0.1, 0.15) is 0 Å². The number of carbonyl (C=O) groups is 1. The molecule has 0 bridgehead atoms. The minimum absolute atomic E-state index is 0.0231. The molecular weight excluding hydrogens is 216 g/mol. The van der Waals surface area contributed by atoms with Crippen molar-refractivity contribution in [1.29, 1.82) is 0 Å². The van der Waals surface area contributed by atoms with Crippen LogP contribution in [0.1, 0.15) is 37.2 Å². The van der Waals surface area contributed by atoms with Gasteiger partial charge in [0, 0.05) is 6.04 Å². The van der Waals surface area contributed by atoms with Crippen molar-refractivity contribution in [2.45, 2.75) is 31.8 Å². The monoisotopic (exact) mass is 230 g/mol. The molecule has 0 fully saturated rings. The normalized spacial score (nSPS) is 12.0. The first-order chi connectivity index (χ1) is 6.94. The van der Waals surface area contributed by atoms with Crippen molar-refractivity contribution in [3.05, 3.63) is 11.8 Å². The lowest BCUT2D eigenvalue weighted by Gasteiger charge is -2.10. The highest BCUT2D eigenvalue weighted by atomic mass is 32.2. The Morgan fingerprint density at radius 1 is 1.53 bits per heavy atom. The van der Waals surface area contributed by atoms with Crippen molar-refractivity contribution in [2.24, 2.45) is 0 Å². The Morgan fingerprint density at radius 3 is 2.53 bits per heavy atom. The van der Waals surface area contributed by atoms with E-state index in [1.807, 2.05) is 13.8 Å². The summed E-state index contributed by atoms with van der Waals surface area (Å²) in [5, 5.41) is 3.93. The molecule has 0 unspecified atom stereocenters. The zero-order valence-corrected chi connectivity index (χ0v) is 9.78. The lowest BCUT2D eigenvalue weighted by Crippen LogP contribution is -2.15. The first-order valence-corrected chi connectivity index (χ1v) is 6.34. The molecule has 0 aliphatic heterocycles. The fourth-order valence-electron chi connectivity index (χ4n) is 1.27. The van der Waals surface area contributed by atoms with E-state index in [2.05, 4.69) is 5.10 Å². The molecule has 84 valence electrons. The van der Waals surface area contributed by atoms with Crippen molar-refractivity contribution in [3.63, 3.8) is 0 Å². The van der Waals surface area contributed by atoms with Crippen LogP contribution in [-0.2, 0) is 9.84 Å². The van der Waals surface area contributed by atoms with E-state index < -0.39 is 9.84 Å². The molecular formula is C9H14N2O3S. The molecule has 0 aliphatic rings. The summed E-state index contributed by atoms with van der Waals surface area (Å²) < 4.78 is 24.9. The second-order valence-corrected chi connectivity index (χ2v) is 5.66. The van der Waals surface area contributed by atoms with E-state index in [9.17, 15) is 13.2 Å². The van der Waals surface area contributed by atoms with E-state index in [0.717, 1.165) is 0 Å². The standard InChI is InChI=1S/C9H14N2O3S/c1-4-15(13,14)9-8(6-12)5-10-11(9)7(2)3/h5-7H,4H2,1-3H3. The molecule has 1 aromatic rings. The summed E-state index contributed by atoms with van der Waals surface area (Å²) in [6.45, 7) is 5.17. The third-order valence-electron chi connectivity index (χ3n) is 2.07. The summed E-state index contributed by atoms with van der Waals surface area (Å²) in [5.41, 5.74) is 0.130. The fourth-order valence-corrected chi connectivity index (χ4v) is 2.55. The molecule has 5 nitrogen and oxygen atoms in total. The zero-order chi connectivity index (χ0) is 11.6. The van der Waals surface area contributed by atoms with Crippen molar-refractivity contribution in [3.8, 4) is 0 Å². The van der Waals surface area contributed by atoms with E-state index in [4.69, 9.17) is 0 Å². The molecule has 6 heteroatoms. The van der Waals surface area contributed by atoms with Gasteiger partial charge in [0.2, 0.25) is 0 Å². The largest absolute Gasteiger partial charge is 0.298 e. The van der Waals surface area contributed by atoms with Gasteiger partial charge < -0.3 is 0 Å². The number of hydrogen-bond acceptors (Lipinski definition) is 4. The maximum atomic E-state index is 11.7. The Labute approximate surface area is 89.0 Å². The van der Waals surface area contributed by atoms with Crippen LogP contribution in [0.4, 0.5) is 0 Å². The van der Waals surface area contributed by atoms with Gasteiger partial charge in [0.05, 0.1) is 17.5 Å². The van der Waals surface area contributed by atoms with Crippen LogP contribution in [0.5, 0.6) is 0 Å². The number of carbonyl (C=O) groups excluding carboxylic acids is 1. The van der Waals surface area contributed by atoms with Crippen molar-refractivity contribution < 1.29 is 13.2 Å². The second-order valence-electron chi connectivity index (χ2n) is 3.46. The van der Waals surface area contributed by atoms with Crippen LogP contribution in [0, 0.1) is 0 Å². The summed E-state index contributed by atoms with van der Waals surface area (Å²) in [4.78, 5) is 10.7. The van der Waals surface area contributed by atoms with Crippen LogP contribution in [0.25, 0.3) is 0 Å². The molecule has 0 amide bonds. The molecule has 1 heterocycles.